The minimum absolute atomic E-state index is 0.198. The average Bonchev–Trinajstić information content (AvgIpc) is 2.53. The van der Waals surface area contributed by atoms with Crippen molar-refractivity contribution < 1.29 is 8.42 Å². The molecule has 1 heterocycles. The van der Waals surface area contributed by atoms with Crippen LogP contribution in [0.3, 0.4) is 0 Å². The highest BCUT2D eigenvalue weighted by atomic mass is 32.2. The molecule has 2 aromatic rings. The third-order valence-corrected chi connectivity index (χ3v) is 5.31. The van der Waals surface area contributed by atoms with E-state index in [1.165, 1.54) is 6.20 Å². The van der Waals surface area contributed by atoms with Gasteiger partial charge in [-0.15, -0.1) is 5.54 Å². The molecule has 2 N–H and O–H groups in total. The molecule has 0 fully saturated rings. The largest absolute Gasteiger partial charge is 0.388 e. The third-order valence-electron chi connectivity index (χ3n) is 3.03. The van der Waals surface area contributed by atoms with Crippen molar-refractivity contribution in [1.82, 2.24) is 4.98 Å². The third kappa shape index (κ3) is 5.11. The Morgan fingerprint density at radius 2 is 1.62 bits per heavy atom. The first-order valence-electron chi connectivity index (χ1n) is 7.49. The van der Waals surface area contributed by atoms with Gasteiger partial charge < -0.3 is 5.32 Å². The van der Waals surface area contributed by atoms with Crippen LogP contribution in [0.2, 0.25) is 19.6 Å². The summed E-state index contributed by atoms with van der Waals surface area (Å²) in [5.74, 6) is 3.04. The van der Waals surface area contributed by atoms with Gasteiger partial charge in [-0.3, -0.25) is 4.72 Å². The lowest BCUT2D eigenvalue weighted by atomic mass is 10.3. The molecule has 0 aliphatic carbocycles. The van der Waals surface area contributed by atoms with Gasteiger partial charge in [-0.1, -0.05) is 25.6 Å². The van der Waals surface area contributed by atoms with Crippen molar-refractivity contribution >= 4 is 29.5 Å². The van der Waals surface area contributed by atoms with Gasteiger partial charge in [0.15, 0.2) is 0 Å². The van der Waals surface area contributed by atoms with Gasteiger partial charge in [-0.25, -0.2) is 13.4 Å². The van der Waals surface area contributed by atoms with Crippen LogP contribution in [-0.2, 0) is 10.0 Å². The molecule has 2 rings (SSSR count). The lowest BCUT2D eigenvalue weighted by Crippen LogP contribution is -2.16. The highest BCUT2D eigenvalue weighted by molar-refractivity contribution is 7.92. The van der Waals surface area contributed by atoms with Crippen molar-refractivity contribution in [3.05, 3.63) is 48.3 Å². The number of nitrogens with zero attached hydrogens (tertiary/aromatic N) is 1. The fraction of sp³-hybridized carbons (Fsp3) is 0.235. The molecule has 1 aromatic carbocycles. The molecule has 0 bridgehead atoms. The number of anilines is 2. The molecule has 0 amide bonds. The van der Waals surface area contributed by atoms with Gasteiger partial charge in [0.25, 0.3) is 10.0 Å². The Morgan fingerprint density at radius 3 is 2.12 bits per heavy atom. The number of aromatic nitrogens is 1. The fourth-order valence-electron chi connectivity index (χ4n) is 1.79. The number of rotatable bonds is 4. The lowest BCUT2D eigenvalue weighted by molar-refractivity contribution is 0.601. The van der Waals surface area contributed by atoms with E-state index in [0.717, 1.165) is 5.69 Å². The van der Waals surface area contributed by atoms with Crippen molar-refractivity contribution in [2.75, 3.05) is 17.1 Å². The Kier molecular flexibility index (Phi) is 5.32. The molecule has 1 aromatic heterocycles. The van der Waals surface area contributed by atoms with Crippen LogP contribution < -0.4 is 10.0 Å². The number of hydrogen-bond acceptors (Lipinski definition) is 4. The summed E-state index contributed by atoms with van der Waals surface area (Å²) in [5, 5.41) is 2.95. The summed E-state index contributed by atoms with van der Waals surface area (Å²) in [6, 6.07) is 9.91. The molecule has 0 atom stereocenters. The Bertz CT molecular complexity index is 859. The molecule has 0 spiro atoms. The van der Waals surface area contributed by atoms with Crippen molar-refractivity contribution in [3.8, 4) is 11.5 Å². The van der Waals surface area contributed by atoms with Crippen LogP contribution in [0.1, 0.15) is 5.69 Å². The van der Waals surface area contributed by atoms with Gasteiger partial charge in [0.1, 0.15) is 13.8 Å². The van der Waals surface area contributed by atoms with Crippen LogP contribution in [0.15, 0.2) is 47.5 Å². The summed E-state index contributed by atoms with van der Waals surface area (Å²) in [5.41, 5.74) is 5.12. The van der Waals surface area contributed by atoms with Gasteiger partial charge in [0.2, 0.25) is 0 Å². The van der Waals surface area contributed by atoms with Crippen molar-refractivity contribution in [2.24, 2.45) is 0 Å². The first kappa shape index (κ1) is 18.0. The number of benzene rings is 1. The van der Waals surface area contributed by atoms with Crippen molar-refractivity contribution in [2.45, 2.75) is 24.5 Å². The van der Waals surface area contributed by atoms with Crippen LogP contribution >= 0.6 is 0 Å². The van der Waals surface area contributed by atoms with E-state index in [4.69, 9.17) is 0 Å². The normalized spacial score (nSPS) is 11.3. The van der Waals surface area contributed by atoms with Gasteiger partial charge in [-0.05, 0) is 36.4 Å². The topological polar surface area (TPSA) is 71.1 Å². The molecular formula is C17H21N3O2SSi. The number of hydrogen-bond donors (Lipinski definition) is 2. The standard InChI is InChI=1S/C17H21N3O2SSi/c1-18-14-7-9-17(10-8-14)23(21,22)20-16-6-5-15(19-13-16)11-12-24(2,3)4/h5-10,13,18,20H,1-4H3. The van der Waals surface area contributed by atoms with E-state index in [9.17, 15) is 8.42 Å². The highest BCUT2D eigenvalue weighted by Gasteiger charge is 2.14. The van der Waals surface area contributed by atoms with Crippen LogP contribution in [0.4, 0.5) is 11.4 Å². The van der Waals surface area contributed by atoms with E-state index in [1.807, 2.05) is 0 Å². The summed E-state index contributed by atoms with van der Waals surface area (Å²) >= 11 is 0. The predicted octanol–water partition coefficient (Wildman–Crippen LogP) is 3.15. The second-order valence-corrected chi connectivity index (χ2v) is 12.7. The first-order valence-corrected chi connectivity index (χ1v) is 12.5. The minimum Gasteiger partial charge on any atom is -0.388 e. The molecule has 0 unspecified atom stereocenters. The monoisotopic (exact) mass is 359 g/mol. The Morgan fingerprint density at radius 1 is 1.00 bits per heavy atom. The molecule has 5 nitrogen and oxygen atoms in total. The van der Waals surface area contributed by atoms with E-state index in [0.29, 0.717) is 11.4 Å². The zero-order chi connectivity index (χ0) is 17.8. The van der Waals surface area contributed by atoms with Crippen LogP contribution in [0.5, 0.6) is 0 Å². The molecule has 0 saturated heterocycles. The fourth-order valence-corrected chi connectivity index (χ4v) is 3.34. The predicted molar refractivity (Wildman–Crippen MR) is 101 cm³/mol. The Hall–Kier alpha value is -2.30. The maximum Gasteiger partial charge on any atom is 0.261 e. The second-order valence-electron chi connectivity index (χ2n) is 6.31. The SMILES string of the molecule is CNc1ccc(S(=O)(=O)Nc2ccc(C#C[Si](C)(C)C)nc2)cc1. The van der Waals surface area contributed by atoms with Crippen LogP contribution in [0.25, 0.3) is 0 Å². The van der Waals surface area contributed by atoms with Gasteiger partial charge in [-0.2, -0.15) is 0 Å². The summed E-state index contributed by atoms with van der Waals surface area (Å²) in [4.78, 5) is 4.40. The maximum atomic E-state index is 12.4. The summed E-state index contributed by atoms with van der Waals surface area (Å²) < 4.78 is 27.2. The van der Waals surface area contributed by atoms with Crippen LogP contribution in [0, 0.1) is 11.5 Å². The van der Waals surface area contributed by atoms with E-state index in [1.54, 1.807) is 43.4 Å². The molecule has 7 heteroatoms. The minimum atomic E-state index is -3.63. The van der Waals surface area contributed by atoms with Gasteiger partial charge in [0.05, 0.1) is 16.8 Å². The maximum absolute atomic E-state index is 12.4. The quantitative estimate of drug-likeness (QED) is 0.650. The molecule has 0 aliphatic rings. The summed E-state index contributed by atoms with van der Waals surface area (Å²) in [7, 11) is -3.32. The van der Waals surface area contributed by atoms with Gasteiger partial charge >= 0.3 is 0 Å². The first-order chi connectivity index (χ1) is 11.2. The Labute approximate surface area is 144 Å². The molecule has 24 heavy (non-hydrogen) atoms. The molecule has 0 radical (unpaired) electrons. The second kappa shape index (κ2) is 7.07. The van der Waals surface area contributed by atoms with Crippen LogP contribution in [-0.4, -0.2) is 28.5 Å². The lowest BCUT2D eigenvalue weighted by Gasteiger charge is -2.08. The van der Waals surface area contributed by atoms with Gasteiger partial charge in [0, 0.05) is 12.7 Å². The van der Waals surface area contributed by atoms with E-state index >= 15 is 0 Å². The van der Waals surface area contributed by atoms with E-state index < -0.39 is 18.1 Å². The molecule has 0 saturated carbocycles. The number of pyridine rings is 1. The summed E-state index contributed by atoms with van der Waals surface area (Å²) in [6.07, 6.45) is 1.48. The zero-order valence-electron chi connectivity index (χ0n) is 14.2. The van der Waals surface area contributed by atoms with E-state index in [2.05, 4.69) is 46.1 Å². The number of nitrogens with one attached hydrogen (secondary N) is 2. The van der Waals surface area contributed by atoms with E-state index in [-0.39, 0.29) is 4.90 Å². The Balaban J connectivity index is 2.16. The zero-order valence-corrected chi connectivity index (χ0v) is 16.0. The molecule has 126 valence electrons. The summed E-state index contributed by atoms with van der Waals surface area (Å²) in [6.45, 7) is 6.46. The molecule has 0 aliphatic heterocycles. The molecular weight excluding hydrogens is 338 g/mol. The highest BCUT2D eigenvalue weighted by Crippen LogP contribution is 2.17. The smallest absolute Gasteiger partial charge is 0.261 e. The van der Waals surface area contributed by atoms with Crippen molar-refractivity contribution in [1.29, 1.82) is 0 Å². The van der Waals surface area contributed by atoms with Crippen molar-refractivity contribution in [3.63, 3.8) is 0 Å². The number of sulfonamides is 1. The average molecular weight is 360 g/mol.